The van der Waals surface area contributed by atoms with Gasteiger partial charge in [0, 0.05) is 13.1 Å². The first-order valence-electron chi connectivity index (χ1n) is 7.00. The summed E-state index contributed by atoms with van der Waals surface area (Å²) in [6.07, 6.45) is 1.62. The lowest BCUT2D eigenvalue weighted by atomic mass is 10.2. The van der Waals surface area contributed by atoms with Gasteiger partial charge in [-0.05, 0) is 31.0 Å². The van der Waals surface area contributed by atoms with Crippen LogP contribution in [-0.2, 0) is 19.6 Å². The zero-order chi connectivity index (χ0) is 17.0. The molecule has 1 saturated heterocycles. The number of carbonyl (C=O) groups excluding carboxylic acids is 2. The highest BCUT2D eigenvalue weighted by atomic mass is 32.2. The van der Waals surface area contributed by atoms with E-state index < -0.39 is 28.5 Å². The van der Waals surface area contributed by atoms with Gasteiger partial charge in [0.1, 0.15) is 11.3 Å². The molecule has 1 fully saturated rings. The molecule has 2 N–H and O–H groups in total. The SMILES string of the molecule is COC(=O)c1cc(S(=O)(=O)N2CCCC2)ccc1OCC(N)=O. The lowest BCUT2D eigenvalue weighted by molar-refractivity contribution is -0.119. The van der Waals surface area contributed by atoms with E-state index in [0.717, 1.165) is 12.8 Å². The number of sulfonamides is 1. The molecule has 2 rings (SSSR count). The van der Waals surface area contributed by atoms with Crippen molar-refractivity contribution in [1.82, 2.24) is 4.31 Å². The first-order valence-corrected chi connectivity index (χ1v) is 8.44. The zero-order valence-corrected chi connectivity index (χ0v) is 13.5. The van der Waals surface area contributed by atoms with Crippen molar-refractivity contribution in [2.45, 2.75) is 17.7 Å². The minimum Gasteiger partial charge on any atom is -0.483 e. The molecule has 0 aromatic heterocycles. The highest BCUT2D eigenvalue weighted by Crippen LogP contribution is 2.27. The average Bonchev–Trinajstić information content (AvgIpc) is 3.07. The summed E-state index contributed by atoms with van der Waals surface area (Å²) in [4.78, 5) is 22.6. The van der Waals surface area contributed by atoms with Gasteiger partial charge in [-0.3, -0.25) is 4.79 Å². The highest BCUT2D eigenvalue weighted by Gasteiger charge is 2.28. The Labute approximate surface area is 134 Å². The molecule has 9 heteroatoms. The van der Waals surface area contributed by atoms with Crippen LogP contribution in [0.25, 0.3) is 0 Å². The molecule has 1 aliphatic rings. The van der Waals surface area contributed by atoms with Crippen LogP contribution >= 0.6 is 0 Å². The van der Waals surface area contributed by atoms with Crippen LogP contribution in [0, 0.1) is 0 Å². The van der Waals surface area contributed by atoms with E-state index in [1.165, 1.54) is 29.6 Å². The molecule has 0 saturated carbocycles. The van der Waals surface area contributed by atoms with Gasteiger partial charge in [-0.1, -0.05) is 0 Å². The smallest absolute Gasteiger partial charge is 0.341 e. The second-order valence-electron chi connectivity index (χ2n) is 5.02. The maximum absolute atomic E-state index is 12.5. The van der Waals surface area contributed by atoms with E-state index in [1.807, 2.05) is 0 Å². The molecule has 1 heterocycles. The molecule has 8 nitrogen and oxygen atoms in total. The predicted octanol–water partition coefficient (Wildman–Crippen LogP) is 0.122. The fourth-order valence-corrected chi connectivity index (χ4v) is 3.84. The van der Waals surface area contributed by atoms with Gasteiger partial charge in [-0.2, -0.15) is 4.31 Å². The summed E-state index contributed by atoms with van der Waals surface area (Å²) >= 11 is 0. The highest BCUT2D eigenvalue weighted by molar-refractivity contribution is 7.89. The Morgan fingerprint density at radius 3 is 2.48 bits per heavy atom. The second-order valence-corrected chi connectivity index (χ2v) is 6.95. The number of hydrogen-bond acceptors (Lipinski definition) is 6. The monoisotopic (exact) mass is 342 g/mol. The molecule has 0 bridgehead atoms. The Hall–Kier alpha value is -2.13. The molecule has 0 unspecified atom stereocenters. The van der Waals surface area contributed by atoms with Crippen LogP contribution in [0.2, 0.25) is 0 Å². The molecule has 126 valence electrons. The fourth-order valence-electron chi connectivity index (χ4n) is 2.29. The molecule has 1 aliphatic heterocycles. The molecule has 1 amide bonds. The third-order valence-electron chi connectivity index (χ3n) is 3.43. The van der Waals surface area contributed by atoms with Crippen LogP contribution in [0.4, 0.5) is 0 Å². The van der Waals surface area contributed by atoms with Crippen LogP contribution in [0.3, 0.4) is 0 Å². The van der Waals surface area contributed by atoms with Crippen molar-refractivity contribution in [1.29, 1.82) is 0 Å². The summed E-state index contributed by atoms with van der Waals surface area (Å²) in [5.74, 6) is -1.44. The van der Waals surface area contributed by atoms with E-state index in [9.17, 15) is 18.0 Å². The minimum absolute atomic E-state index is 0.0220. The van der Waals surface area contributed by atoms with E-state index in [0.29, 0.717) is 13.1 Å². The van der Waals surface area contributed by atoms with Crippen molar-refractivity contribution < 1.29 is 27.5 Å². The third kappa shape index (κ3) is 3.80. The van der Waals surface area contributed by atoms with E-state index in [-0.39, 0.29) is 16.2 Å². The maximum atomic E-state index is 12.5. The van der Waals surface area contributed by atoms with Crippen LogP contribution in [0.1, 0.15) is 23.2 Å². The normalized spacial score (nSPS) is 15.3. The van der Waals surface area contributed by atoms with Gasteiger partial charge in [-0.15, -0.1) is 0 Å². The molecule has 1 aromatic rings. The largest absolute Gasteiger partial charge is 0.483 e. The van der Waals surface area contributed by atoms with Crippen LogP contribution in [0.5, 0.6) is 5.75 Å². The summed E-state index contributed by atoms with van der Waals surface area (Å²) in [5, 5.41) is 0. The Balaban J connectivity index is 2.39. The number of esters is 1. The van der Waals surface area contributed by atoms with Crippen LogP contribution < -0.4 is 10.5 Å². The van der Waals surface area contributed by atoms with E-state index >= 15 is 0 Å². The van der Waals surface area contributed by atoms with Gasteiger partial charge < -0.3 is 15.2 Å². The summed E-state index contributed by atoms with van der Waals surface area (Å²) in [6, 6.07) is 3.84. The van der Waals surface area contributed by atoms with E-state index in [2.05, 4.69) is 4.74 Å². The lowest BCUT2D eigenvalue weighted by Crippen LogP contribution is -2.28. The lowest BCUT2D eigenvalue weighted by Gasteiger charge is -2.17. The van der Waals surface area contributed by atoms with Crippen molar-refractivity contribution in [3.8, 4) is 5.75 Å². The molecule has 0 radical (unpaired) electrons. The minimum atomic E-state index is -3.67. The number of nitrogens with zero attached hydrogens (tertiary/aromatic N) is 1. The number of benzene rings is 1. The number of nitrogens with two attached hydrogens (primary N) is 1. The van der Waals surface area contributed by atoms with Gasteiger partial charge >= 0.3 is 5.97 Å². The molecule has 0 spiro atoms. The van der Waals surface area contributed by atoms with Crippen molar-refractivity contribution >= 4 is 21.9 Å². The van der Waals surface area contributed by atoms with Crippen LogP contribution in [0.15, 0.2) is 23.1 Å². The number of methoxy groups -OCH3 is 1. The number of ether oxygens (including phenoxy) is 2. The van der Waals surface area contributed by atoms with E-state index in [1.54, 1.807) is 0 Å². The Kier molecular flexibility index (Phi) is 5.22. The number of amides is 1. The van der Waals surface area contributed by atoms with Crippen molar-refractivity contribution in [2.24, 2.45) is 5.73 Å². The zero-order valence-electron chi connectivity index (χ0n) is 12.6. The Bertz CT molecular complexity index is 710. The maximum Gasteiger partial charge on any atom is 0.341 e. The molecule has 1 aromatic carbocycles. The topological polar surface area (TPSA) is 116 Å². The van der Waals surface area contributed by atoms with Crippen LogP contribution in [-0.4, -0.2) is 51.4 Å². The van der Waals surface area contributed by atoms with Gasteiger partial charge in [0.05, 0.1) is 12.0 Å². The summed E-state index contributed by atoms with van der Waals surface area (Å²) in [5.41, 5.74) is 4.92. The van der Waals surface area contributed by atoms with Gasteiger partial charge in [0.25, 0.3) is 5.91 Å². The van der Waals surface area contributed by atoms with Gasteiger partial charge in [-0.25, -0.2) is 13.2 Å². The first kappa shape index (κ1) is 17.2. The van der Waals surface area contributed by atoms with Crippen molar-refractivity contribution in [3.63, 3.8) is 0 Å². The molecular weight excluding hydrogens is 324 g/mol. The molecule has 0 atom stereocenters. The van der Waals surface area contributed by atoms with Crippen molar-refractivity contribution in [3.05, 3.63) is 23.8 Å². The standard InChI is InChI=1S/C14H18N2O6S/c1-21-14(18)11-8-10(4-5-12(11)22-9-13(15)17)23(19,20)16-6-2-3-7-16/h4-5,8H,2-3,6-7,9H2,1H3,(H2,15,17). The Morgan fingerprint density at radius 2 is 1.91 bits per heavy atom. The quantitative estimate of drug-likeness (QED) is 0.734. The number of rotatable bonds is 6. The third-order valence-corrected chi connectivity index (χ3v) is 5.32. The summed E-state index contributed by atoms with van der Waals surface area (Å²) < 4.78 is 36.2. The number of hydrogen-bond donors (Lipinski definition) is 1. The Morgan fingerprint density at radius 1 is 1.26 bits per heavy atom. The van der Waals surface area contributed by atoms with Gasteiger partial charge in [0.15, 0.2) is 6.61 Å². The number of primary amides is 1. The molecule has 0 aliphatic carbocycles. The van der Waals surface area contributed by atoms with Gasteiger partial charge in [0.2, 0.25) is 10.0 Å². The summed E-state index contributed by atoms with van der Waals surface area (Å²) in [6.45, 7) is 0.480. The summed E-state index contributed by atoms with van der Waals surface area (Å²) in [7, 11) is -2.50. The second kappa shape index (κ2) is 6.97. The predicted molar refractivity (Wildman–Crippen MR) is 80.5 cm³/mol. The van der Waals surface area contributed by atoms with Crippen molar-refractivity contribution in [2.75, 3.05) is 26.8 Å². The average molecular weight is 342 g/mol. The number of carbonyl (C=O) groups is 2. The fraction of sp³-hybridized carbons (Fsp3) is 0.429. The van der Waals surface area contributed by atoms with E-state index in [4.69, 9.17) is 10.5 Å². The molecule has 23 heavy (non-hydrogen) atoms. The molecular formula is C14H18N2O6S. The first-order chi connectivity index (χ1) is 10.9.